The van der Waals surface area contributed by atoms with Crippen LogP contribution < -0.4 is 5.32 Å². The molecule has 0 radical (unpaired) electrons. The molecule has 3 rings (SSSR count). The standard InChI is InChI=1S/C14H18N2S/c1-2-10-6-7-11-13(9-10)17-14(16-11)12-5-3-4-8-15-12/h6-7,9,12,15H,2-5,8H2,1H3. The molecule has 0 aliphatic carbocycles. The highest BCUT2D eigenvalue weighted by molar-refractivity contribution is 7.18. The van der Waals surface area contributed by atoms with Crippen molar-refractivity contribution in [1.29, 1.82) is 0 Å². The molecule has 2 aromatic rings. The largest absolute Gasteiger partial charge is 0.308 e. The molecule has 1 saturated heterocycles. The zero-order chi connectivity index (χ0) is 11.7. The van der Waals surface area contributed by atoms with Gasteiger partial charge in [0.15, 0.2) is 0 Å². The Bertz CT molecular complexity index is 512. The summed E-state index contributed by atoms with van der Waals surface area (Å²) in [5, 5.41) is 4.84. The molecule has 1 N–H and O–H groups in total. The molecule has 2 nitrogen and oxygen atoms in total. The molecule has 1 aliphatic heterocycles. The molecule has 1 fully saturated rings. The second kappa shape index (κ2) is 4.75. The number of piperidine rings is 1. The van der Waals surface area contributed by atoms with E-state index < -0.39 is 0 Å². The van der Waals surface area contributed by atoms with E-state index in [0.29, 0.717) is 6.04 Å². The summed E-state index contributed by atoms with van der Waals surface area (Å²) in [7, 11) is 0. The highest BCUT2D eigenvalue weighted by Crippen LogP contribution is 2.31. The predicted molar refractivity (Wildman–Crippen MR) is 73.6 cm³/mol. The van der Waals surface area contributed by atoms with Crippen molar-refractivity contribution in [3.05, 3.63) is 28.8 Å². The van der Waals surface area contributed by atoms with Gasteiger partial charge in [0.25, 0.3) is 0 Å². The minimum absolute atomic E-state index is 0.492. The Kier molecular flexibility index (Phi) is 3.12. The number of fused-ring (bicyclic) bond motifs is 1. The van der Waals surface area contributed by atoms with Gasteiger partial charge in [-0.25, -0.2) is 4.98 Å². The van der Waals surface area contributed by atoms with Gasteiger partial charge in [-0.1, -0.05) is 19.4 Å². The van der Waals surface area contributed by atoms with Crippen molar-refractivity contribution in [2.75, 3.05) is 6.54 Å². The minimum Gasteiger partial charge on any atom is -0.308 e. The van der Waals surface area contributed by atoms with Gasteiger partial charge in [0.05, 0.1) is 16.3 Å². The topological polar surface area (TPSA) is 24.9 Å². The van der Waals surface area contributed by atoms with Crippen LogP contribution in [0.2, 0.25) is 0 Å². The molecule has 0 amide bonds. The third-order valence-electron chi connectivity index (χ3n) is 3.49. The Labute approximate surface area is 106 Å². The molecule has 90 valence electrons. The number of aromatic nitrogens is 1. The lowest BCUT2D eigenvalue weighted by Gasteiger charge is -2.20. The molecule has 1 aromatic heterocycles. The van der Waals surface area contributed by atoms with E-state index in [1.54, 1.807) is 0 Å². The first-order valence-corrected chi connectivity index (χ1v) is 7.31. The van der Waals surface area contributed by atoms with E-state index in [-0.39, 0.29) is 0 Å². The molecule has 17 heavy (non-hydrogen) atoms. The Morgan fingerprint density at radius 3 is 3.12 bits per heavy atom. The van der Waals surface area contributed by atoms with E-state index in [0.717, 1.165) is 18.5 Å². The number of hydrogen-bond acceptors (Lipinski definition) is 3. The number of rotatable bonds is 2. The van der Waals surface area contributed by atoms with Gasteiger partial charge in [-0.2, -0.15) is 0 Å². The fraction of sp³-hybridized carbons (Fsp3) is 0.500. The molecule has 0 saturated carbocycles. The third-order valence-corrected chi connectivity index (χ3v) is 4.62. The lowest BCUT2D eigenvalue weighted by atomic mass is 10.1. The molecular formula is C14H18N2S. The highest BCUT2D eigenvalue weighted by atomic mass is 32.1. The number of benzene rings is 1. The van der Waals surface area contributed by atoms with Crippen molar-refractivity contribution in [3.63, 3.8) is 0 Å². The maximum Gasteiger partial charge on any atom is 0.111 e. The number of nitrogens with one attached hydrogen (secondary N) is 1. The smallest absolute Gasteiger partial charge is 0.111 e. The Morgan fingerprint density at radius 2 is 2.35 bits per heavy atom. The monoisotopic (exact) mass is 246 g/mol. The van der Waals surface area contributed by atoms with Crippen LogP contribution in [-0.4, -0.2) is 11.5 Å². The first-order valence-electron chi connectivity index (χ1n) is 6.49. The first kappa shape index (κ1) is 11.2. The van der Waals surface area contributed by atoms with E-state index in [2.05, 4.69) is 30.4 Å². The third kappa shape index (κ3) is 2.22. The van der Waals surface area contributed by atoms with E-state index in [1.807, 2.05) is 11.3 Å². The minimum atomic E-state index is 0.492. The molecule has 1 aromatic carbocycles. The fourth-order valence-electron chi connectivity index (χ4n) is 2.42. The second-order valence-corrected chi connectivity index (χ2v) is 5.77. The number of hydrogen-bond donors (Lipinski definition) is 1. The lowest BCUT2D eigenvalue weighted by Crippen LogP contribution is -2.26. The molecule has 1 aliphatic rings. The SMILES string of the molecule is CCc1ccc2nc(C3CCCCN3)sc2c1. The number of aryl methyl sites for hydroxylation is 1. The molecule has 0 spiro atoms. The predicted octanol–water partition coefficient (Wildman–Crippen LogP) is 3.67. The van der Waals surface area contributed by atoms with Crippen LogP contribution in [-0.2, 0) is 6.42 Å². The van der Waals surface area contributed by atoms with Gasteiger partial charge in [0.1, 0.15) is 5.01 Å². The van der Waals surface area contributed by atoms with Gasteiger partial charge >= 0.3 is 0 Å². The lowest BCUT2D eigenvalue weighted by molar-refractivity contribution is 0.411. The normalized spacial score (nSPS) is 20.9. The van der Waals surface area contributed by atoms with Gasteiger partial charge in [-0.15, -0.1) is 11.3 Å². The summed E-state index contributed by atoms with van der Waals surface area (Å²) in [5.41, 5.74) is 2.57. The van der Waals surface area contributed by atoms with Gasteiger partial charge < -0.3 is 5.32 Å². The van der Waals surface area contributed by atoms with Crippen LogP contribution >= 0.6 is 11.3 Å². The summed E-state index contributed by atoms with van der Waals surface area (Å²) in [6.45, 7) is 3.34. The Morgan fingerprint density at radius 1 is 1.41 bits per heavy atom. The zero-order valence-electron chi connectivity index (χ0n) is 10.2. The van der Waals surface area contributed by atoms with Gasteiger partial charge in [-0.05, 0) is 43.5 Å². The van der Waals surface area contributed by atoms with E-state index >= 15 is 0 Å². The van der Waals surface area contributed by atoms with Crippen LogP contribution in [0.1, 0.15) is 42.8 Å². The van der Waals surface area contributed by atoms with Gasteiger partial charge in [-0.3, -0.25) is 0 Å². The van der Waals surface area contributed by atoms with Gasteiger partial charge in [0.2, 0.25) is 0 Å². The first-order chi connectivity index (χ1) is 8.36. The van der Waals surface area contributed by atoms with Crippen molar-refractivity contribution in [1.82, 2.24) is 10.3 Å². The van der Waals surface area contributed by atoms with Crippen molar-refractivity contribution < 1.29 is 0 Å². The molecule has 2 heterocycles. The maximum atomic E-state index is 4.77. The number of nitrogens with zero attached hydrogens (tertiary/aromatic N) is 1. The van der Waals surface area contributed by atoms with Crippen LogP contribution in [0.25, 0.3) is 10.2 Å². The molecule has 3 heteroatoms. The van der Waals surface area contributed by atoms with Crippen LogP contribution in [0.5, 0.6) is 0 Å². The van der Waals surface area contributed by atoms with Crippen LogP contribution in [0, 0.1) is 0 Å². The summed E-state index contributed by atoms with van der Waals surface area (Å²) in [4.78, 5) is 4.77. The quantitative estimate of drug-likeness (QED) is 0.874. The summed E-state index contributed by atoms with van der Waals surface area (Å²) < 4.78 is 1.34. The van der Waals surface area contributed by atoms with Crippen molar-refractivity contribution in [2.24, 2.45) is 0 Å². The van der Waals surface area contributed by atoms with E-state index in [9.17, 15) is 0 Å². The molecule has 1 unspecified atom stereocenters. The second-order valence-electron chi connectivity index (χ2n) is 4.71. The summed E-state index contributed by atoms with van der Waals surface area (Å²) in [6, 6.07) is 7.14. The van der Waals surface area contributed by atoms with Crippen LogP contribution in [0.15, 0.2) is 18.2 Å². The number of thiazole rings is 1. The van der Waals surface area contributed by atoms with Gasteiger partial charge in [0, 0.05) is 0 Å². The fourth-order valence-corrected chi connectivity index (χ4v) is 3.56. The average Bonchev–Trinajstić information content (AvgIpc) is 2.82. The highest BCUT2D eigenvalue weighted by Gasteiger charge is 2.18. The van der Waals surface area contributed by atoms with Crippen molar-refractivity contribution in [3.8, 4) is 0 Å². The van der Waals surface area contributed by atoms with E-state index in [4.69, 9.17) is 4.98 Å². The zero-order valence-corrected chi connectivity index (χ0v) is 11.0. The summed E-state index contributed by atoms with van der Waals surface area (Å²) in [6.07, 6.45) is 4.97. The maximum absolute atomic E-state index is 4.77. The summed E-state index contributed by atoms with van der Waals surface area (Å²) in [5.74, 6) is 0. The molecule has 0 bridgehead atoms. The van der Waals surface area contributed by atoms with Crippen LogP contribution in [0.4, 0.5) is 0 Å². The van der Waals surface area contributed by atoms with Crippen LogP contribution in [0.3, 0.4) is 0 Å². The average molecular weight is 246 g/mol. The Hall–Kier alpha value is -0.930. The summed E-state index contributed by atoms with van der Waals surface area (Å²) >= 11 is 1.86. The van der Waals surface area contributed by atoms with Crippen molar-refractivity contribution in [2.45, 2.75) is 38.6 Å². The Balaban J connectivity index is 1.95. The molecule has 1 atom stereocenters. The van der Waals surface area contributed by atoms with Crippen molar-refractivity contribution >= 4 is 21.6 Å². The van der Waals surface area contributed by atoms with E-state index in [1.165, 1.54) is 34.5 Å². The molecular weight excluding hydrogens is 228 g/mol.